The fourth-order valence-corrected chi connectivity index (χ4v) is 2.72. The minimum Gasteiger partial charge on any atom is -0.357 e. The third-order valence-electron chi connectivity index (χ3n) is 4.18. The van der Waals surface area contributed by atoms with Gasteiger partial charge in [0.2, 0.25) is 5.91 Å². The third kappa shape index (κ3) is 3.40. The second-order valence-corrected chi connectivity index (χ2v) is 6.25. The Balaban J connectivity index is 2.17. The Morgan fingerprint density at radius 2 is 2.00 bits per heavy atom. The summed E-state index contributed by atoms with van der Waals surface area (Å²) in [6.45, 7) is 8.79. The van der Waals surface area contributed by atoms with Gasteiger partial charge in [0.1, 0.15) is 0 Å². The zero-order chi connectivity index (χ0) is 16.4. The van der Waals surface area contributed by atoms with Gasteiger partial charge in [-0.25, -0.2) is 0 Å². The monoisotopic (exact) mass is 302 g/mol. The number of amides is 1. The van der Waals surface area contributed by atoms with Crippen molar-refractivity contribution in [2.75, 3.05) is 0 Å². The second-order valence-electron chi connectivity index (χ2n) is 6.25. The highest BCUT2D eigenvalue weighted by molar-refractivity contribution is 5.79. The van der Waals surface area contributed by atoms with Crippen LogP contribution in [0, 0.1) is 13.8 Å². The Morgan fingerprint density at radius 1 is 1.32 bits per heavy atom. The van der Waals surface area contributed by atoms with Crippen molar-refractivity contribution in [1.82, 2.24) is 19.2 Å². The summed E-state index contributed by atoms with van der Waals surface area (Å²) in [5.41, 5.74) is 4.32. The van der Waals surface area contributed by atoms with Crippen LogP contribution in [-0.4, -0.2) is 31.2 Å². The molecule has 2 aromatic rings. The molecule has 0 aliphatic heterocycles. The topological polar surface area (TPSA) is 43.1 Å². The van der Waals surface area contributed by atoms with Crippen LogP contribution in [0.25, 0.3) is 0 Å². The average molecular weight is 302 g/mol. The molecule has 0 fully saturated rings. The maximum Gasteiger partial charge on any atom is 0.227 e. The Bertz CT molecular complexity index is 666. The molecule has 0 aromatic carbocycles. The summed E-state index contributed by atoms with van der Waals surface area (Å²) < 4.78 is 3.85. The Hall–Kier alpha value is -2.04. The highest BCUT2D eigenvalue weighted by atomic mass is 16.2. The van der Waals surface area contributed by atoms with E-state index >= 15 is 0 Å². The zero-order valence-corrected chi connectivity index (χ0v) is 14.4. The predicted molar refractivity (Wildman–Crippen MR) is 87.5 cm³/mol. The lowest BCUT2D eigenvalue weighted by molar-refractivity contribution is -0.132. The van der Waals surface area contributed by atoms with Crippen LogP contribution in [0.5, 0.6) is 0 Å². The van der Waals surface area contributed by atoms with E-state index in [9.17, 15) is 4.79 Å². The fourth-order valence-electron chi connectivity index (χ4n) is 2.72. The van der Waals surface area contributed by atoms with Crippen LogP contribution >= 0.6 is 0 Å². The van der Waals surface area contributed by atoms with E-state index in [1.807, 2.05) is 53.6 Å². The van der Waals surface area contributed by atoms with Gasteiger partial charge in [-0.2, -0.15) is 5.10 Å². The van der Waals surface area contributed by atoms with Crippen LogP contribution in [-0.2, 0) is 31.9 Å². The normalized spacial score (nSPS) is 11.2. The molecule has 2 heterocycles. The molecule has 2 rings (SSSR count). The predicted octanol–water partition coefficient (Wildman–Crippen LogP) is 2.36. The first-order valence-electron chi connectivity index (χ1n) is 7.69. The first-order valence-corrected chi connectivity index (χ1v) is 7.69. The molecule has 120 valence electrons. The summed E-state index contributed by atoms with van der Waals surface area (Å²) in [5, 5.41) is 4.45. The smallest absolute Gasteiger partial charge is 0.227 e. The standard InChI is InChI=1S/C17H26N4O/c1-12(2)21(11-16-13(3)18-20(6)14(16)4)17(22)9-15-7-8-19(5)10-15/h7-8,10,12H,9,11H2,1-6H3. The van der Waals surface area contributed by atoms with Crippen molar-refractivity contribution >= 4 is 5.91 Å². The van der Waals surface area contributed by atoms with Crippen LogP contribution in [0.1, 0.15) is 36.4 Å². The number of hydrogen-bond acceptors (Lipinski definition) is 2. The largest absolute Gasteiger partial charge is 0.357 e. The molecule has 0 aliphatic carbocycles. The summed E-state index contributed by atoms with van der Waals surface area (Å²) in [5.74, 6) is 0.156. The van der Waals surface area contributed by atoms with Crippen LogP contribution in [0.3, 0.4) is 0 Å². The van der Waals surface area contributed by atoms with E-state index in [1.54, 1.807) is 0 Å². The minimum atomic E-state index is 0.156. The highest BCUT2D eigenvalue weighted by Gasteiger charge is 2.21. The lowest BCUT2D eigenvalue weighted by atomic mass is 10.1. The molecule has 0 saturated heterocycles. The van der Waals surface area contributed by atoms with E-state index in [1.165, 1.54) is 0 Å². The van der Waals surface area contributed by atoms with E-state index in [0.717, 1.165) is 22.5 Å². The van der Waals surface area contributed by atoms with Crippen molar-refractivity contribution in [2.45, 2.75) is 46.7 Å². The number of hydrogen-bond donors (Lipinski definition) is 0. The fraction of sp³-hybridized carbons (Fsp3) is 0.529. The molecule has 0 saturated carbocycles. The quantitative estimate of drug-likeness (QED) is 0.851. The second kappa shape index (κ2) is 6.38. The maximum absolute atomic E-state index is 12.7. The molecule has 22 heavy (non-hydrogen) atoms. The summed E-state index contributed by atoms with van der Waals surface area (Å²) >= 11 is 0. The molecular formula is C17H26N4O. The van der Waals surface area contributed by atoms with Crippen LogP contribution in [0.15, 0.2) is 18.5 Å². The van der Waals surface area contributed by atoms with E-state index < -0.39 is 0 Å². The summed E-state index contributed by atoms with van der Waals surface area (Å²) in [7, 11) is 3.91. The highest BCUT2D eigenvalue weighted by Crippen LogP contribution is 2.17. The molecule has 1 amide bonds. The molecule has 0 spiro atoms. The van der Waals surface area contributed by atoms with Gasteiger partial charge in [-0.3, -0.25) is 9.48 Å². The van der Waals surface area contributed by atoms with Crippen LogP contribution in [0.4, 0.5) is 0 Å². The molecule has 0 atom stereocenters. The van der Waals surface area contributed by atoms with Gasteiger partial charge in [-0.1, -0.05) is 0 Å². The zero-order valence-electron chi connectivity index (χ0n) is 14.4. The maximum atomic E-state index is 12.7. The summed E-state index contributed by atoms with van der Waals surface area (Å²) in [4.78, 5) is 14.6. The van der Waals surface area contributed by atoms with Gasteiger partial charge >= 0.3 is 0 Å². The molecule has 5 heteroatoms. The number of rotatable bonds is 5. The molecular weight excluding hydrogens is 276 g/mol. The Kier molecular flexibility index (Phi) is 4.74. The lowest BCUT2D eigenvalue weighted by Crippen LogP contribution is -2.37. The van der Waals surface area contributed by atoms with Crippen LogP contribution < -0.4 is 0 Å². The summed E-state index contributed by atoms with van der Waals surface area (Å²) in [6, 6.07) is 2.16. The SMILES string of the molecule is Cc1nn(C)c(C)c1CN(C(=O)Cc1ccn(C)c1)C(C)C. The molecule has 0 radical (unpaired) electrons. The Morgan fingerprint density at radius 3 is 2.45 bits per heavy atom. The van der Waals surface area contributed by atoms with Crippen LogP contribution in [0.2, 0.25) is 0 Å². The molecule has 5 nitrogen and oxygen atoms in total. The first kappa shape index (κ1) is 16.3. The number of nitrogens with zero attached hydrogens (tertiary/aromatic N) is 4. The van der Waals surface area contributed by atoms with Gasteiger partial charge in [-0.15, -0.1) is 0 Å². The third-order valence-corrected chi connectivity index (χ3v) is 4.18. The average Bonchev–Trinajstić information content (AvgIpc) is 2.92. The van der Waals surface area contributed by atoms with E-state index in [2.05, 4.69) is 25.9 Å². The van der Waals surface area contributed by atoms with Crippen molar-refractivity contribution < 1.29 is 4.79 Å². The van der Waals surface area contributed by atoms with Crippen molar-refractivity contribution in [3.05, 3.63) is 41.0 Å². The van der Waals surface area contributed by atoms with Gasteiger partial charge in [0, 0.05) is 50.3 Å². The number of aryl methyl sites for hydroxylation is 3. The van der Waals surface area contributed by atoms with E-state index in [-0.39, 0.29) is 11.9 Å². The number of carbonyl (C=O) groups is 1. The van der Waals surface area contributed by atoms with Gasteiger partial charge in [-0.05, 0) is 39.3 Å². The van der Waals surface area contributed by atoms with Crippen molar-refractivity contribution in [1.29, 1.82) is 0 Å². The number of aromatic nitrogens is 3. The summed E-state index contributed by atoms with van der Waals surface area (Å²) in [6.07, 6.45) is 4.41. The van der Waals surface area contributed by atoms with Gasteiger partial charge in [0.25, 0.3) is 0 Å². The molecule has 0 aliphatic rings. The van der Waals surface area contributed by atoms with E-state index in [0.29, 0.717) is 13.0 Å². The molecule has 0 N–H and O–H groups in total. The Labute approximate surface area is 132 Å². The van der Waals surface area contributed by atoms with Crippen molar-refractivity contribution in [2.24, 2.45) is 14.1 Å². The molecule has 2 aromatic heterocycles. The van der Waals surface area contributed by atoms with Gasteiger partial charge in [0.15, 0.2) is 0 Å². The minimum absolute atomic E-state index is 0.156. The molecule has 0 bridgehead atoms. The first-order chi connectivity index (χ1) is 10.3. The van der Waals surface area contributed by atoms with Crippen molar-refractivity contribution in [3.8, 4) is 0 Å². The molecule has 0 unspecified atom stereocenters. The van der Waals surface area contributed by atoms with E-state index in [4.69, 9.17) is 0 Å². The van der Waals surface area contributed by atoms with Crippen molar-refractivity contribution in [3.63, 3.8) is 0 Å². The van der Waals surface area contributed by atoms with Gasteiger partial charge < -0.3 is 9.47 Å². The number of carbonyl (C=O) groups excluding carboxylic acids is 1. The lowest BCUT2D eigenvalue weighted by Gasteiger charge is -2.27. The van der Waals surface area contributed by atoms with Gasteiger partial charge in [0.05, 0.1) is 12.1 Å².